The van der Waals surface area contributed by atoms with Gasteiger partial charge in [-0.1, -0.05) is 18.2 Å². The number of nitrogens with one attached hydrogen (secondary N) is 1. The molecule has 112 valence electrons. The molecule has 0 saturated carbocycles. The average Bonchev–Trinajstić information content (AvgIpc) is 2.49. The fraction of sp³-hybridized carbons (Fsp3) is 0.357. The molecule has 1 N–H and O–H groups in total. The van der Waals surface area contributed by atoms with E-state index in [9.17, 15) is 4.39 Å². The lowest BCUT2D eigenvalue weighted by Gasteiger charge is -2.20. The topological polar surface area (TPSA) is 57.2 Å². The first-order valence-corrected chi connectivity index (χ1v) is 6.57. The molecule has 6 nitrogen and oxygen atoms in total. The van der Waals surface area contributed by atoms with E-state index in [-0.39, 0.29) is 5.82 Å². The number of anilines is 3. The van der Waals surface area contributed by atoms with Gasteiger partial charge in [0.15, 0.2) is 0 Å². The Morgan fingerprint density at radius 2 is 1.71 bits per heavy atom. The Balaban J connectivity index is 2.28. The normalized spacial score (nSPS) is 10.3. The quantitative estimate of drug-likeness (QED) is 0.905. The van der Waals surface area contributed by atoms with Gasteiger partial charge >= 0.3 is 0 Å². The molecule has 0 amide bonds. The van der Waals surface area contributed by atoms with Crippen LogP contribution in [0.15, 0.2) is 24.3 Å². The van der Waals surface area contributed by atoms with Crippen LogP contribution in [-0.4, -0.2) is 43.1 Å². The van der Waals surface area contributed by atoms with Crippen molar-refractivity contribution >= 4 is 17.8 Å². The summed E-state index contributed by atoms with van der Waals surface area (Å²) in [4.78, 5) is 16.5. The lowest BCUT2D eigenvalue weighted by atomic mass is 10.2. The molecule has 0 saturated heterocycles. The molecular formula is C14H19FN6. The Labute approximate surface area is 123 Å². The largest absolute Gasteiger partial charge is 0.357 e. The summed E-state index contributed by atoms with van der Waals surface area (Å²) in [5.74, 6) is 1.27. The van der Waals surface area contributed by atoms with Crippen LogP contribution in [0, 0.1) is 5.82 Å². The predicted octanol–water partition coefficient (Wildman–Crippen LogP) is 1.75. The van der Waals surface area contributed by atoms with Crippen molar-refractivity contribution in [3.8, 4) is 0 Å². The number of aromatic nitrogens is 3. The molecule has 0 radical (unpaired) electrons. The monoisotopic (exact) mass is 290 g/mol. The van der Waals surface area contributed by atoms with E-state index in [1.165, 1.54) is 6.07 Å². The van der Waals surface area contributed by atoms with E-state index in [2.05, 4.69) is 20.3 Å². The predicted molar refractivity (Wildman–Crippen MR) is 82.2 cm³/mol. The van der Waals surface area contributed by atoms with Gasteiger partial charge in [0, 0.05) is 40.3 Å². The van der Waals surface area contributed by atoms with Gasteiger partial charge in [0.2, 0.25) is 17.8 Å². The molecule has 21 heavy (non-hydrogen) atoms. The maximum atomic E-state index is 13.7. The Morgan fingerprint density at radius 1 is 1.05 bits per heavy atom. The number of rotatable bonds is 5. The fourth-order valence-corrected chi connectivity index (χ4v) is 1.79. The zero-order chi connectivity index (χ0) is 15.4. The van der Waals surface area contributed by atoms with Gasteiger partial charge in [0.25, 0.3) is 0 Å². The van der Waals surface area contributed by atoms with Gasteiger partial charge in [0.1, 0.15) is 5.82 Å². The van der Waals surface area contributed by atoms with E-state index < -0.39 is 0 Å². The van der Waals surface area contributed by atoms with Gasteiger partial charge in [-0.2, -0.15) is 15.0 Å². The lowest BCUT2D eigenvalue weighted by Crippen LogP contribution is -2.23. The molecule has 2 rings (SSSR count). The molecule has 7 heteroatoms. The van der Waals surface area contributed by atoms with Crippen molar-refractivity contribution in [2.45, 2.75) is 6.54 Å². The molecule has 1 aromatic heterocycles. The molecule has 0 fully saturated rings. The smallest absolute Gasteiger partial charge is 0.232 e. The van der Waals surface area contributed by atoms with E-state index in [1.807, 2.05) is 27.2 Å². The van der Waals surface area contributed by atoms with Crippen molar-refractivity contribution < 1.29 is 4.39 Å². The standard InChI is InChI=1S/C14H19FN6/c1-16-12-17-13(20(2)3)19-14(18-12)21(4)9-10-7-5-6-8-11(10)15/h5-8H,9H2,1-4H3,(H,16,17,18,19). The van der Waals surface area contributed by atoms with Crippen molar-refractivity contribution in [2.24, 2.45) is 0 Å². The second-order valence-corrected chi connectivity index (χ2v) is 4.85. The van der Waals surface area contributed by atoms with E-state index in [1.54, 1.807) is 29.0 Å². The Kier molecular flexibility index (Phi) is 4.52. The number of nitrogens with zero attached hydrogens (tertiary/aromatic N) is 5. The first kappa shape index (κ1) is 15.0. The molecule has 0 aliphatic heterocycles. The molecular weight excluding hydrogens is 271 g/mol. The first-order chi connectivity index (χ1) is 10.0. The van der Waals surface area contributed by atoms with Crippen molar-refractivity contribution in [2.75, 3.05) is 43.3 Å². The van der Waals surface area contributed by atoms with Gasteiger partial charge in [-0.05, 0) is 6.07 Å². The molecule has 1 aromatic carbocycles. The van der Waals surface area contributed by atoms with Crippen molar-refractivity contribution in [1.82, 2.24) is 15.0 Å². The highest BCUT2D eigenvalue weighted by Crippen LogP contribution is 2.17. The second-order valence-electron chi connectivity index (χ2n) is 4.85. The highest BCUT2D eigenvalue weighted by molar-refractivity contribution is 5.44. The van der Waals surface area contributed by atoms with Crippen LogP contribution < -0.4 is 15.1 Å². The first-order valence-electron chi connectivity index (χ1n) is 6.57. The van der Waals surface area contributed by atoms with Crippen LogP contribution in [0.25, 0.3) is 0 Å². The second kappa shape index (κ2) is 6.34. The molecule has 0 aliphatic rings. The summed E-state index contributed by atoms with van der Waals surface area (Å²) in [5.41, 5.74) is 0.595. The molecule has 0 unspecified atom stereocenters. The van der Waals surface area contributed by atoms with Crippen LogP contribution in [0.4, 0.5) is 22.2 Å². The van der Waals surface area contributed by atoms with Crippen molar-refractivity contribution in [1.29, 1.82) is 0 Å². The summed E-state index contributed by atoms with van der Waals surface area (Å²) in [6, 6.07) is 6.68. The minimum Gasteiger partial charge on any atom is -0.357 e. The molecule has 0 atom stereocenters. The van der Waals surface area contributed by atoms with Gasteiger partial charge < -0.3 is 15.1 Å². The maximum Gasteiger partial charge on any atom is 0.232 e. The van der Waals surface area contributed by atoms with E-state index >= 15 is 0 Å². The molecule has 0 spiro atoms. The number of halogens is 1. The van der Waals surface area contributed by atoms with E-state index in [0.717, 1.165) is 0 Å². The zero-order valence-electron chi connectivity index (χ0n) is 12.6. The van der Waals surface area contributed by atoms with Gasteiger partial charge in [-0.25, -0.2) is 4.39 Å². The molecule has 0 aliphatic carbocycles. The van der Waals surface area contributed by atoms with Crippen molar-refractivity contribution in [3.05, 3.63) is 35.6 Å². The lowest BCUT2D eigenvalue weighted by molar-refractivity contribution is 0.607. The van der Waals surface area contributed by atoms with Crippen LogP contribution >= 0.6 is 0 Å². The summed E-state index contributed by atoms with van der Waals surface area (Å²) in [6.45, 7) is 0.382. The van der Waals surface area contributed by atoms with Crippen LogP contribution in [0.3, 0.4) is 0 Å². The van der Waals surface area contributed by atoms with Crippen molar-refractivity contribution in [3.63, 3.8) is 0 Å². The fourth-order valence-electron chi connectivity index (χ4n) is 1.79. The van der Waals surface area contributed by atoms with Crippen LogP contribution in [-0.2, 0) is 6.54 Å². The van der Waals surface area contributed by atoms with E-state index in [0.29, 0.717) is 30.0 Å². The Hall–Kier alpha value is -2.44. The van der Waals surface area contributed by atoms with Gasteiger partial charge in [-0.3, -0.25) is 0 Å². The summed E-state index contributed by atoms with van der Waals surface area (Å²) < 4.78 is 13.7. The SMILES string of the molecule is CNc1nc(N(C)C)nc(N(C)Cc2ccccc2F)n1. The third-order valence-electron chi connectivity index (χ3n) is 2.94. The van der Waals surface area contributed by atoms with Gasteiger partial charge in [-0.15, -0.1) is 0 Å². The summed E-state index contributed by atoms with van der Waals surface area (Å²) in [6.07, 6.45) is 0. The maximum absolute atomic E-state index is 13.7. The summed E-state index contributed by atoms with van der Waals surface area (Å²) in [7, 11) is 7.28. The summed E-state index contributed by atoms with van der Waals surface area (Å²) in [5, 5.41) is 2.90. The van der Waals surface area contributed by atoms with Crippen LogP contribution in [0.1, 0.15) is 5.56 Å². The Bertz CT molecular complexity index is 616. The number of hydrogen-bond donors (Lipinski definition) is 1. The minimum absolute atomic E-state index is 0.236. The number of hydrogen-bond acceptors (Lipinski definition) is 6. The molecule has 0 bridgehead atoms. The van der Waals surface area contributed by atoms with E-state index in [4.69, 9.17) is 0 Å². The highest BCUT2D eigenvalue weighted by Gasteiger charge is 2.12. The minimum atomic E-state index is -0.236. The van der Waals surface area contributed by atoms with Crippen LogP contribution in [0.2, 0.25) is 0 Å². The average molecular weight is 290 g/mol. The third kappa shape index (κ3) is 3.56. The summed E-state index contributed by atoms with van der Waals surface area (Å²) >= 11 is 0. The zero-order valence-corrected chi connectivity index (χ0v) is 12.6. The van der Waals surface area contributed by atoms with Crippen LogP contribution in [0.5, 0.6) is 0 Å². The third-order valence-corrected chi connectivity index (χ3v) is 2.94. The Morgan fingerprint density at radius 3 is 2.33 bits per heavy atom. The highest BCUT2D eigenvalue weighted by atomic mass is 19.1. The number of benzene rings is 1. The molecule has 1 heterocycles. The molecule has 2 aromatic rings. The van der Waals surface area contributed by atoms with Gasteiger partial charge in [0.05, 0.1) is 0 Å².